The highest BCUT2D eigenvalue weighted by Crippen LogP contribution is 2.48. The molecule has 0 radical (unpaired) electrons. The van der Waals surface area contributed by atoms with Gasteiger partial charge in [-0.25, -0.2) is 0 Å². The van der Waals surface area contributed by atoms with Crippen LogP contribution in [0.4, 0.5) is 0 Å². The Labute approximate surface area is 91.7 Å². The summed E-state index contributed by atoms with van der Waals surface area (Å²) in [5.74, 6) is 0.911. The molecule has 0 unspecified atom stereocenters. The van der Waals surface area contributed by atoms with Gasteiger partial charge in [0.05, 0.1) is 12.0 Å². The molecular weight excluding hydrogens is 186 g/mol. The first kappa shape index (κ1) is 10.5. The molecule has 1 heterocycles. The lowest BCUT2D eigenvalue weighted by Gasteiger charge is -2.28. The summed E-state index contributed by atoms with van der Waals surface area (Å²) in [7, 11) is 0. The highest BCUT2D eigenvalue weighted by molar-refractivity contribution is 5.91. The Morgan fingerprint density at radius 1 is 1.07 bits per heavy atom. The van der Waals surface area contributed by atoms with Crippen LogP contribution in [0.25, 0.3) is 0 Å². The van der Waals surface area contributed by atoms with Crippen molar-refractivity contribution in [2.24, 2.45) is 10.4 Å². The molecule has 2 nitrogen and oxygen atoms in total. The highest BCUT2D eigenvalue weighted by Gasteiger charge is 2.43. The van der Waals surface area contributed by atoms with Gasteiger partial charge in [-0.2, -0.15) is 0 Å². The van der Waals surface area contributed by atoms with E-state index in [0.717, 1.165) is 19.0 Å². The zero-order valence-electron chi connectivity index (χ0n) is 10.3. The Kier molecular flexibility index (Phi) is 2.25. The van der Waals surface area contributed by atoms with Gasteiger partial charge in [-0.3, -0.25) is 4.99 Å². The number of rotatable bonds is 1. The van der Waals surface area contributed by atoms with Gasteiger partial charge in [-0.15, -0.1) is 0 Å². The predicted molar refractivity (Wildman–Crippen MR) is 63.1 cm³/mol. The number of hydrogen-bond donors (Lipinski definition) is 0. The monoisotopic (exact) mass is 205 g/mol. The maximum Gasteiger partial charge on any atom is 0.198 e. The molecule has 0 fully saturated rings. The van der Waals surface area contributed by atoms with E-state index < -0.39 is 0 Å². The van der Waals surface area contributed by atoms with Crippen LogP contribution in [0.1, 0.15) is 34.6 Å². The third kappa shape index (κ3) is 1.20. The quantitative estimate of drug-likeness (QED) is 0.644. The van der Waals surface area contributed by atoms with E-state index in [1.54, 1.807) is 0 Å². The summed E-state index contributed by atoms with van der Waals surface area (Å²) in [5.41, 5.74) is 5.49. The zero-order valence-corrected chi connectivity index (χ0v) is 10.3. The first-order chi connectivity index (χ1) is 6.99. The van der Waals surface area contributed by atoms with Gasteiger partial charge in [0.25, 0.3) is 0 Å². The molecule has 0 atom stereocenters. The lowest BCUT2D eigenvalue weighted by atomic mass is 9.79. The standard InChI is InChI=1S/C13H19NO/c1-8-9(2)11(4)13(5,10(8)3)12-14-6-7-15-12/h6-7H2,1-5H3. The summed E-state index contributed by atoms with van der Waals surface area (Å²) >= 11 is 0. The van der Waals surface area contributed by atoms with Crippen LogP contribution in [-0.4, -0.2) is 19.0 Å². The van der Waals surface area contributed by atoms with Crippen LogP contribution in [0.5, 0.6) is 0 Å². The predicted octanol–water partition coefficient (Wildman–Crippen LogP) is 3.11. The summed E-state index contributed by atoms with van der Waals surface area (Å²) in [5, 5.41) is 0. The van der Waals surface area contributed by atoms with E-state index >= 15 is 0 Å². The van der Waals surface area contributed by atoms with Crippen molar-refractivity contribution in [3.8, 4) is 0 Å². The van der Waals surface area contributed by atoms with Crippen molar-refractivity contribution in [1.82, 2.24) is 0 Å². The zero-order chi connectivity index (χ0) is 11.2. The van der Waals surface area contributed by atoms with E-state index in [4.69, 9.17) is 4.74 Å². The second-order valence-electron chi connectivity index (χ2n) is 4.66. The molecule has 15 heavy (non-hydrogen) atoms. The molecule has 0 aromatic heterocycles. The molecule has 1 aliphatic carbocycles. The molecule has 2 rings (SSSR count). The van der Waals surface area contributed by atoms with Gasteiger partial charge in [-0.05, 0) is 45.8 Å². The topological polar surface area (TPSA) is 21.6 Å². The molecule has 0 saturated heterocycles. The number of aliphatic imine (C=N–C) groups is 1. The number of nitrogens with zero attached hydrogens (tertiary/aromatic N) is 1. The van der Waals surface area contributed by atoms with Gasteiger partial charge >= 0.3 is 0 Å². The number of ether oxygens (including phenoxy) is 1. The first-order valence-electron chi connectivity index (χ1n) is 5.53. The van der Waals surface area contributed by atoms with Crippen LogP contribution in [0.3, 0.4) is 0 Å². The maximum atomic E-state index is 5.66. The van der Waals surface area contributed by atoms with E-state index in [9.17, 15) is 0 Å². The van der Waals surface area contributed by atoms with Gasteiger partial charge in [0, 0.05) is 0 Å². The number of allylic oxidation sites excluding steroid dienone is 2. The second-order valence-corrected chi connectivity index (χ2v) is 4.66. The van der Waals surface area contributed by atoms with E-state index in [1.165, 1.54) is 22.3 Å². The molecule has 0 spiro atoms. The Balaban J connectivity index is 2.53. The maximum absolute atomic E-state index is 5.66. The molecule has 0 saturated carbocycles. The minimum Gasteiger partial charge on any atom is -0.478 e. The Morgan fingerprint density at radius 3 is 2.00 bits per heavy atom. The average molecular weight is 205 g/mol. The molecule has 2 aliphatic rings. The molecule has 1 aliphatic heterocycles. The fraction of sp³-hybridized carbons (Fsp3) is 0.615. The molecular formula is C13H19NO. The first-order valence-corrected chi connectivity index (χ1v) is 5.53. The van der Waals surface area contributed by atoms with Crippen LogP contribution in [-0.2, 0) is 4.74 Å². The van der Waals surface area contributed by atoms with Crippen molar-refractivity contribution < 1.29 is 4.74 Å². The SMILES string of the molecule is CC1=C(C)C(C)(C2=NCCO2)C(C)=C1C. The lowest BCUT2D eigenvalue weighted by molar-refractivity contribution is 0.314. The van der Waals surface area contributed by atoms with E-state index in [0.29, 0.717) is 0 Å². The summed E-state index contributed by atoms with van der Waals surface area (Å²) < 4.78 is 5.66. The lowest BCUT2D eigenvalue weighted by Crippen LogP contribution is -2.29. The van der Waals surface area contributed by atoms with Crippen molar-refractivity contribution in [1.29, 1.82) is 0 Å². The Bertz CT molecular complexity index is 375. The largest absolute Gasteiger partial charge is 0.478 e. The highest BCUT2D eigenvalue weighted by atomic mass is 16.5. The van der Waals surface area contributed by atoms with E-state index in [-0.39, 0.29) is 5.41 Å². The summed E-state index contributed by atoms with van der Waals surface area (Å²) in [4.78, 5) is 4.49. The van der Waals surface area contributed by atoms with Crippen LogP contribution < -0.4 is 0 Å². The van der Waals surface area contributed by atoms with Crippen LogP contribution in [0.15, 0.2) is 27.3 Å². The van der Waals surface area contributed by atoms with Gasteiger partial charge in [0.1, 0.15) is 6.61 Å². The molecule has 0 aromatic carbocycles. The van der Waals surface area contributed by atoms with Crippen LogP contribution >= 0.6 is 0 Å². The minimum atomic E-state index is -0.0787. The Morgan fingerprint density at radius 2 is 1.60 bits per heavy atom. The third-order valence-corrected chi connectivity index (χ3v) is 4.20. The molecule has 0 amide bonds. The van der Waals surface area contributed by atoms with E-state index in [2.05, 4.69) is 39.6 Å². The van der Waals surface area contributed by atoms with Crippen molar-refractivity contribution in [2.75, 3.05) is 13.2 Å². The summed E-state index contributed by atoms with van der Waals surface area (Å²) in [6, 6.07) is 0. The Hall–Kier alpha value is -1.05. The third-order valence-electron chi connectivity index (χ3n) is 4.20. The molecule has 82 valence electrons. The molecule has 0 N–H and O–H groups in total. The van der Waals surface area contributed by atoms with Gasteiger partial charge in [0.15, 0.2) is 5.90 Å². The van der Waals surface area contributed by atoms with E-state index in [1.807, 2.05) is 0 Å². The van der Waals surface area contributed by atoms with Crippen molar-refractivity contribution in [2.45, 2.75) is 34.6 Å². The summed E-state index contributed by atoms with van der Waals surface area (Å²) in [6.07, 6.45) is 0. The van der Waals surface area contributed by atoms with Crippen LogP contribution in [0, 0.1) is 5.41 Å². The smallest absolute Gasteiger partial charge is 0.198 e. The average Bonchev–Trinajstić information content (AvgIpc) is 2.81. The number of hydrogen-bond acceptors (Lipinski definition) is 2. The molecule has 0 aromatic rings. The van der Waals surface area contributed by atoms with Crippen molar-refractivity contribution >= 4 is 5.90 Å². The normalized spacial score (nSPS) is 24.7. The molecule has 0 bridgehead atoms. The van der Waals surface area contributed by atoms with Gasteiger partial charge < -0.3 is 4.74 Å². The fourth-order valence-corrected chi connectivity index (χ4v) is 2.55. The van der Waals surface area contributed by atoms with Gasteiger partial charge in [0.2, 0.25) is 0 Å². The minimum absolute atomic E-state index is 0.0787. The second kappa shape index (κ2) is 3.22. The molecule has 2 heteroatoms. The summed E-state index contributed by atoms with van der Waals surface area (Å²) in [6.45, 7) is 12.5. The van der Waals surface area contributed by atoms with Crippen molar-refractivity contribution in [3.05, 3.63) is 22.3 Å². The van der Waals surface area contributed by atoms with Gasteiger partial charge in [-0.1, -0.05) is 11.1 Å². The fourth-order valence-electron chi connectivity index (χ4n) is 2.55. The van der Waals surface area contributed by atoms with Crippen LogP contribution in [0.2, 0.25) is 0 Å². The van der Waals surface area contributed by atoms with Crippen molar-refractivity contribution in [3.63, 3.8) is 0 Å².